The Bertz CT molecular complexity index is 1020. The topological polar surface area (TPSA) is 102 Å². The van der Waals surface area contributed by atoms with Crippen LogP contribution in [0.2, 0.25) is 0 Å². The number of hydrogen-bond acceptors (Lipinski definition) is 9. The molecule has 0 saturated heterocycles. The normalized spacial score (nSPS) is 10.4. The number of benzene rings is 2. The van der Waals surface area contributed by atoms with Crippen LogP contribution in [0.5, 0.6) is 23.0 Å². The minimum Gasteiger partial charge on any atom is -0.493 e. The van der Waals surface area contributed by atoms with E-state index in [0.29, 0.717) is 34.4 Å². The largest absolute Gasteiger partial charge is 0.493 e. The van der Waals surface area contributed by atoms with Crippen LogP contribution in [0.4, 0.5) is 0 Å². The van der Waals surface area contributed by atoms with Crippen molar-refractivity contribution >= 4 is 5.97 Å². The molecule has 30 heavy (non-hydrogen) atoms. The third-order valence-electron chi connectivity index (χ3n) is 4.13. The Morgan fingerprint density at radius 1 is 0.933 bits per heavy atom. The monoisotopic (exact) mass is 414 g/mol. The van der Waals surface area contributed by atoms with Crippen LogP contribution >= 0.6 is 0 Å². The fourth-order valence-corrected chi connectivity index (χ4v) is 2.62. The molecule has 0 aliphatic rings. The summed E-state index contributed by atoms with van der Waals surface area (Å²) in [6.45, 7) is 1.48. The Morgan fingerprint density at radius 3 is 2.37 bits per heavy atom. The fourth-order valence-electron chi connectivity index (χ4n) is 2.62. The summed E-state index contributed by atoms with van der Waals surface area (Å²) in [5.74, 6) is 2.03. The number of carbonyl (C=O) groups is 1. The lowest BCUT2D eigenvalue weighted by Gasteiger charge is -2.10. The minimum absolute atomic E-state index is 0.154. The van der Waals surface area contributed by atoms with Gasteiger partial charge in [-0.05, 0) is 42.8 Å². The van der Waals surface area contributed by atoms with Crippen LogP contribution in [-0.4, -0.2) is 44.0 Å². The van der Waals surface area contributed by atoms with Crippen LogP contribution in [0.15, 0.2) is 40.9 Å². The van der Waals surface area contributed by atoms with Gasteiger partial charge < -0.3 is 28.2 Å². The first kappa shape index (κ1) is 21.0. The van der Waals surface area contributed by atoms with E-state index in [-0.39, 0.29) is 19.1 Å². The lowest BCUT2D eigenvalue weighted by molar-refractivity contribution is -0.148. The molecule has 2 aromatic carbocycles. The highest BCUT2D eigenvalue weighted by molar-refractivity contribution is 5.71. The van der Waals surface area contributed by atoms with Crippen LogP contribution in [-0.2, 0) is 16.1 Å². The minimum atomic E-state index is -0.580. The third kappa shape index (κ3) is 4.99. The summed E-state index contributed by atoms with van der Waals surface area (Å²) < 4.78 is 31.4. The fraction of sp³-hybridized carbons (Fsp3) is 0.286. The lowest BCUT2D eigenvalue weighted by Crippen LogP contribution is -2.15. The van der Waals surface area contributed by atoms with E-state index in [1.807, 2.05) is 19.1 Å². The van der Waals surface area contributed by atoms with Crippen molar-refractivity contribution in [3.8, 4) is 34.4 Å². The number of aryl methyl sites for hydroxylation is 1. The van der Waals surface area contributed by atoms with Gasteiger partial charge in [-0.3, -0.25) is 0 Å². The van der Waals surface area contributed by atoms with E-state index in [1.165, 1.54) is 14.2 Å². The molecule has 0 amide bonds. The zero-order chi connectivity index (χ0) is 21.5. The first-order valence-electron chi connectivity index (χ1n) is 9.02. The first-order chi connectivity index (χ1) is 14.5. The first-order valence-corrected chi connectivity index (χ1v) is 9.02. The molecule has 0 atom stereocenters. The van der Waals surface area contributed by atoms with Crippen molar-refractivity contribution < 1.29 is 33.0 Å². The second kappa shape index (κ2) is 9.64. The van der Waals surface area contributed by atoms with Gasteiger partial charge in [0, 0.05) is 5.56 Å². The summed E-state index contributed by atoms with van der Waals surface area (Å²) in [6, 6.07) is 10.6. The van der Waals surface area contributed by atoms with E-state index < -0.39 is 5.97 Å². The molecule has 3 aromatic rings. The average molecular weight is 414 g/mol. The number of aromatic nitrogens is 2. The standard InChI is InChI=1S/C21H22N2O7/c1-13-5-7-16(17(9-13)26-3)28-12-20(24)29-11-19-22-21(23-30-19)14-6-8-15(25-2)18(10-14)27-4/h5-10H,11-12H2,1-4H3. The van der Waals surface area contributed by atoms with Gasteiger partial charge >= 0.3 is 5.97 Å². The molecular weight excluding hydrogens is 392 g/mol. The molecule has 0 aliphatic carbocycles. The molecule has 0 unspecified atom stereocenters. The molecule has 0 bridgehead atoms. The summed E-state index contributed by atoms with van der Waals surface area (Å²) in [5.41, 5.74) is 1.69. The maximum atomic E-state index is 12.0. The van der Waals surface area contributed by atoms with Crippen molar-refractivity contribution in [2.24, 2.45) is 0 Å². The molecule has 0 radical (unpaired) electrons. The quantitative estimate of drug-likeness (QED) is 0.488. The highest BCUT2D eigenvalue weighted by Crippen LogP contribution is 2.31. The summed E-state index contributed by atoms with van der Waals surface area (Å²) in [4.78, 5) is 16.2. The van der Waals surface area contributed by atoms with Crippen LogP contribution in [0.1, 0.15) is 11.5 Å². The summed E-state index contributed by atoms with van der Waals surface area (Å²) >= 11 is 0. The van der Waals surface area contributed by atoms with Crippen molar-refractivity contribution in [3.63, 3.8) is 0 Å². The average Bonchev–Trinajstić information content (AvgIpc) is 3.25. The second-order valence-electron chi connectivity index (χ2n) is 6.19. The van der Waals surface area contributed by atoms with E-state index in [1.54, 1.807) is 31.4 Å². The van der Waals surface area contributed by atoms with Crippen LogP contribution in [0, 0.1) is 6.92 Å². The Balaban J connectivity index is 1.56. The van der Waals surface area contributed by atoms with Gasteiger partial charge in [-0.2, -0.15) is 4.98 Å². The van der Waals surface area contributed by atoms with Gasteiger partial charge in [0.2, 0.25) is 5.82 Å². The SMILES string of the molecule is COc1ccc(-c2noc(COC(=O)COc3ccc(C)cc3OC)n2)cc1OC. The van der Waals surface area contributed by atoms with Crippen molar-refractivity contribution in [2.45, 2.75) is 13.5 Å². The van der Waals surface area contributed by atoms with E-state index in [0.717, 1.165) is 5.56 Å². The lowest BCUT2D eigenvalue weighted by atomic mass is 10.2. The predicted molar refractivity (Wildman–Crippen MR) is 106 cm³/mol. The van der Waals surface area contributed by atoms with Crippen LogP contribution in [0.3, 0.4) is 0 Å². The van der Waals surface area contributed by atoms with Gasteiger partial charge in [0.05, 0.1) is 21.3 Å². The molecule has 3 rings (SSSR count). The van der Waals surface area contributed by atoms with Crippen molar-refractivity contribution in [2.75, 3.05) is 27.9 Å². The number of methoxy groups -OCH3 is 3. The summed E-state index contributed by atoms with van der Waals surface area (Å²) in [6.07, 6.45) is 0. The molecule has 1 heterocycles. The number of ether oxygens (including phenoxy) is 5. The molecule has 0 saturated carbocycles. The smallest absolute Gasteiger partial charge is 0.344 e. The van der Waals surface area contributed by atoms with Gasteiger partial charge in [-0.15, -0.1) is 0 Å². The van der Waals surface area contributed by atoms with Crippen molar-refractivity contribution in [3.05, 3.63) is 47.9 Å². The highest BCUT2D eigenvalue weighted by Gasteiger charge is 2.14. The Hall–Kier alpha value is -3.75. The van der Waals surface area contributed by atoms with E-state index >= 15 is 0 Å². The zero-order valence-electron chi connectivity index (χ0n) is 17.1. The maximum Gasteiger partial charge on any atom is 0.344 e. The Morgan fingerprint density at radius 2 is 1.63 bits per heavy atom. The van der Waals surface area contributed by atoms with E-state index in [2.05, 4.69) is 10.1 Å². The van der Waals surface area contributed by atoms with E-state index in [9.17, 15) is 4.79 Å². The second-order valence-corrected chi connectivity index (χ2v) is 6.19. The molecular formula is C21H22N2O7. The predicted octanol–water partition coefficient (Wildman–Crippen LogP) is 3.19. The number of nitrogens with zero attached hydrogens (tertiary/aromatic N) is 2. The molecule has 9 nitrogen and oxygen atoms in total. The molecule has 0 spiro atoms. The van der Waals surface area contributed by atoms with Gasteiger partial charge in [0.15, 0.2) is 36.2 Å². The number of esters is 1. The van der Waals surface area contributed by atoms with Gasteiger partial charge in [-0.25, -0.2) is 4.79 Å². The van der Waals surface area contributed by atoms with Crippen molar-refractivity contribution in [1.29, 1.82) is 0 Å². The Kier molecular flexibility index (Phi) is 6.74. The molecule has 9 heteroatoms. The molecule has 0 aliphatic heterocycles. The van der Waals surface area contributed by atoms with Gasteiger partial charge in [-0.1, -0.05) is 11.2 Å². The third-order valence-corrected chi connectivity index (χ3v) is 4.13. The van der Waals surface area contributed by atoms with Crippen LogP contribution in [0.25, 0.3) is 11.4 Å². The number of hydrogen-bond donors (Lipinski definition) is 0. The zero-order valence-corrected chi connectivity index (χ0v) is 17.1. The Labute approximate surface area is 173 Å². The van der Waals surface area contributed by atoms with E-state index in [4.69, 9.17) is 28.2 Å². The number of carbonyl (C=O) groups excluding carboxylic acids is 1. The molecule has 1 aromatic heterocycles. The maximum absolute atomic E-state index is 12.0. The summed E-state index contributed by atoms with van der Waals surface area (Å²) in [5, 5.41) is 3.90. The van der Waals surface area contributed by atoms with Gasteiger partial charge in [0.1, 0.15) is 0 Å². The highest BCUT2D eigenvalue weighted by atomic mass is 16.6. The van der Waals surface area contributed by atoms with Gasteiger partial charge in [0.25, 0.3) is 5.89 Å². The van der Waals surface area contributed by atoms with Crippen LogP contribution < -0.4 is 18.9 Å². The summed E-state index contributed by atoms with van der Waals surface area (Å²) in [7, 11) is 4.62. The molecule has 0 fully saturated rings. The molecule has 158 valence electrons. The number of rotatable bonds is 9. The molecule has 0 N–H and O–H groups in total. The van der Waals surface area contributed by atoms with Crippen molar-refractivity contribution in [1.82, 2.24) is 10.1 Å².